The van der Waals surface area contributed by atoms with E-state index < -0.39 is 0 Å². The first-order valence-corrected chi connectivity index (χ1v) is 6.54. The van der Waals surface area contributed by atoms with E-state index in [1.807, 2.05) is 17.4 Å². The van der Waals surface area contributed by atoms with Crippen molar-refractivity contribution in [2.45, 2.75) is 19.9 Å². The molecule has 0 saturated heterocycles. The number of rotatable bonds is 2. The SMILES string of the molecule is C=Cc1c(/C=C\C)sc2c1CN(C)CC2.CF. The number of hydrogen-bond acceptors (Lipinski definition) is 2. The fourth-order valence-electron chi connectivity index (χ4n) is 2.06. The smallest absolute Gasteiger partial charge is 0.0785 e. The molecule has 0 aliphatic carbocycles. The standard InChI is InChI=1S/C13H17NS.CH3F/c1-4-6-12-10(5-2)11-9-14(3)8-7-13(11)15-12;1-2/h4-6H,2,7-9H2,1,3H3;1H3/b6-4-;. The van der Waals surface area contributed by atoms with Crippen LogP contribution in [0.2, 0.25) is 0 Å². The molecule has 0 unspecified atom stereocenters. The minimum Gasteiger partial charge on any atom is -0.302 e. The Morgan fingerprint density at radius 2 is 2.12 bits per heavy atom. The molecule has 0 aromatic carbocycles. The van der Waals surface area contributed by atoms with Crippen molar-refractivity contribution < 1.29 is 4.39 Å². The van der Waals surface area contributed by atoms with Gasteiger partial charge in [-0.1, -0.05) is 18.7 Å². The van der Waals surface area contributed by atoms with Crippen LogP contribution in [0.25, 0.3) is 12.2 Å². The van der Waals surface area contributed by atoms with Crippen molar-refractivity contribution in [2.75, 3.05) is 20.8 Å². The van der Waals surface area contributed by atoms with Gasteiger partial charge in [0.05, 0.1) is 7.18 Å². The van der Waals surface area contributed by atoms with E-state index in [0.717, 1.165) is 6.54 Å². The highest BCUT2D eigenvalue weighted by Gasteiger charge is 2.19. The number of likely N-dealkylation sites (N-methyl/N-ethyl adjacent to an activating group) is 1. The van der Waals surface area contributed by atoms with Gasteiger partial charge < -0.3 is 4.90 Å². The van der Waals surface area contributed by atoms with Crippen LogP contribution in [0.5, 0.6) is 0 Å². The van der Waals surface area contributed by atoms with Crippen LogP contribution in [0, 0.1) is 0 Å². The Labute approximate surface area is 107 Å². The van der Waals surface area contributed by atoms with Crippen molar-refractivity contribution in [3.8, 4) is 0 Å². The first-order chi connectivity index (χ1) is 8.26. The molecule has 1 aromatic heterocycles. The molecular formula is C14H20FNS. The molecule has 0 amide bonds. The minimum atomic E-state index is 0.500. The van der Waals surface area contributed by atoms with Crippen LogP contribution in [-0.2, 0) is 13.0 Å². The fraction of sp³-hybridized carbons (Fsp3) is 0.429. The average molecular weight is 253 g/mol. The highest BCUT2D eigenvalue weighted by Crippen LogP contribution is 2.34. The maximum atomic E-state index is 9.50. The van der Waals surface area contributed by atoms with Crippen LogP contribution in [0.1, 0.15) is 27.8 Å². The molecule has 3 heteroatoms. The lowest BCUT2D eigenvalue weighted by atomic mass is 10.0. The van der Waals surface area contributed by atoms with E-state index in [9.17, 15) is 4.39 Å². The zero-order valence-corrected chi connectivity index (χ0v) is 11.6. The summed E-state index contributed by atoms with van der Waals surface area (Å²) in [5, 5.41) is 0. The molecule has 0 fully saturated rings. The second-order valence-electron chi connectivity index (χ2n) is 3.97. The molecule has 2 heterocycles. The molecular weight excluding hydrogens is 233 g/mol. The summed E-state index contributed by atoms with van der Waals surface area (Å²) in [6.45, 7) is 8.25. The summed E-state index contributed by atoms with van der Waals surface area (Å²) < 4.78 is 9.50. The van der Waals surface area contributed by atoms with Crippen LogP contribution in [-0.4, -0.2) is 25.7 Å². The highest BCUT2D eigenvalue weighted by atomic mass is 32.1. The van der Waals surface area contributed by atoms with Crippen molar-refractivity contribution in [1.82, 2.24) is 4.90 Å². The van der Waals surface area contributed by atoms with Gasteiger partial charge in [-0.25, -0.2) is 0 Å². The minimum absolute atomic E-state index is 0.500. The van der Waals surface area contributed by atoms with Crippen molar-refractivity contribution in [3.63, 3.8) is 0 Å². The zero-order valence-electron chi connectivity index (χ0n) is 10.8. The van der Waals surface area contributed by atoms with E-state index in [2.05, 4.69) is 37.6 Å². The van der Waals surface area contributed by atoms with Gasteiger partial charge in [0.2, 0.25) is 0 Å². The summed E-state index contributed by atoms with van der Waals surface area (Å²) in [7, 11) is 2.68. The third kappa shape index (κ3) is 3.05. The number of thiophene rings is 1. The van der Waals surface area contributed by atoms with Gasteiger partial charge in [0, 0.05) is 22.8 Å². The predicted molar refractivity (Wildman–Crippen MR) is 76.2 cm³/mol. The Balaban J connectivity index is 0.000000686. The molecule has 1 aliphatic heterocycles. The summed E-state index contributed by atoms with van der Waals surface area (Å²) in [6.07, 6.45) is 7.49. The van der Waals surface area contributed by atoms with Gasteiger partial charge in [-0.05, 0) is 37.6 Å². The topological polar surface area (TPSA) is 3.24 Å². The van der Waals surface area contributed by atoms with Gasteiger partial charge in [0.1, 0.15) is 0 Å². The third-order valence-electron chi connectivity index (χ3n) is 2.83. The first kappa shape index (κ1) is 14.1. The Hall–Kier alpha value is -0.930. The van der Waals surface area contributed by atoms with Crippen molar-refractivity contribution >= 4 is 23.5 Å². The molecule has 0 atom stereocenters. The van der Waals surface area contributed by atoms with E-state index in [0.29, 0.717) is 7.18 Å². The largest absolute Gasteiger partial charge is 0.302 e. The van der Waals surface area contributed by atoms with E-state index in [4.69, 9.17) is 0 Å². The molecule has 0 spiro atoms. The second kappa shape index (κ2) is 6.72. The monoisotopic (exact) mass is 253 g/mol. The molecule has 0 N–H and O–H groups in total. The average Bonchev–Trinajstić information content (AvgIpc) is 2.69. The predicted octanol–water partition coefficient (Wildman–Crippen LogP) is 4.00. The van der Waals surface area contributed by atoms with Gasteiger partial charge in [0.25, 0.3) is 0 Å². The van der Waals surface area contributed by atoms with Crippen molar-refractivity contribution in [3.05, 3.63) is 33.5 Å². The number of alkyl halides is 1. The maximum absolute atomic E-state index is 9.50. The zero-order chi connectivity index (χ0) is 12.8. The summed E-state index contributed by atoms with van der Waals surface area (Å²) in [5.41, 5.74) is 2.84. The van der Waals surface area contributed by atoms with E-state index in [1.165, 1.54) is 29.0 Å². The normalized spacial score (nSPS) is 15.3. The summed E-state index contributed by atoms with van der Waals surface area (Å²) in [5.74, 6) is 0. The number of allylic oxidation sites excluding steroid dienone is 1. The summed E-state index contributed by atoms with van der Waals surface area (Å²) in [6, 6.07) is 0. The number of hydrogen-bond donors (Lipinski definition) is 0. The molecule has 0 radical (unpaired) electrons. The Kier molecular flexibility index (Phi) is 5.59. The van der Waals surface area contributed by atoms with E-state index >= 15 is 0 Å². The fourth-order valence-corrected chi connectivity index (χ4v) is 3.34. The van der Waals surface area contributed by atoms with Crippen LogP contribution in [0.4, 0.5) is 4.39 Å². The summed E-state index contributed by atoms with van der Waals surface area (Å²) >= 11 is 1.93. The van der Waals surface area contributed by atoms with Crippen molar-refractivity contribution in [2.24, 2.45) is 0 Å². The van der Waals surface area contributed by atoms with E-state index in [-0.39, 0.29) is 0 Å². The quantitative estimate of drug-likeness (QED) is 0.770. The summed E-state index contributed by atoms with van der Waals surface area (Å²) in [4.78, 5) is 5.30. The Morgan fingerprint density at radius 1 is 1.41 bits per heavy atom. The van der Waals surface area contributed by atoms with Gasteiger partial charge in [-0.3, -0.25) is 4.39 Å². The maximum Gasteiger partial charge on any atom is 0.0785 e. The van der Waals surface area contributed by atoms with Gasteiger partial charge in [-0.2, -0.15) is 0 Å². The molecule has 94 valence electrons. The molecule has 17 heavy (non-hydrogen) atoms. The molecule has 1 aliphatic rings. The van der Waals surface area contributed by atoms with Crippen LogP contribution in [0.15, 0.2) is 12.7 Å². The van der Waals surface area contributed by atoms with Crippen LogP contribution < -0.4 is 0 Å². The number of nitrogens with zero attached hydrogens (tertiary/aromatic N) is 1. The molecule has 1 aromatic rings. The van der Waals surface area contributed by atoms with Gasteiger partial charge in [-0.15, -0.1) is 11.3 Å². The lowest BCUT2D eigenvalue weighted by molar-refractivity contribution is 0.315. The van der Waals surface area contributed by atoms with Gasteiger partial charge in [0.15, 0.2) is 0 Å². The first-order valence-electron chi connectivity index (χ1n) is 5.72. The molecule has 2 rings (SSSR count). The van der Waals surface area contributed by atoms with Crippen molar-refractivity contribution in [1.29, 1.82) is 0 Å². The second-order valence-corrected chi connectivity index (χ2v) is 5.11. The molecule has 1 nitrogen and oxygen atoms in total. The van der Waals surface area contributed by atoms with E-state index in [1.54, 1.807) is 4.88 Å². The Bertz CT molecular complexity index is 407. The van der Waals surface area contributed by atoms with Gasteiger partial charge >= 0.3 is 0 Å². The van der Waals surface area contributed by atoms with Crippen LogP contribution >= 0.6 is 11.3 Å². The lowest BCUT2D eigenvalue weighted by Gasteiger charge is -2.22. The third-order valence-corrected chi connectivity index (χ3v) is 4.10. The molecule has 0 bridgehead atoms. The molecule has 0 saturated carbocycles. The highest BCUT2D eigenvalue weighted by molar-refractivity contribution is 7.13. The Morgan fingerprint density at radius 3 is 2.71 bits per heavy atom. The lowest BCUT2D eigenvalue weighted by Crippen LogP contribution is -2.25. The number of fused-ring (bicyclic) bond motifs is 1. The van der Waals surface area contributed by atoms with Crippen LogP contribution in [0.3, 0.4) is 0 Å². The number of halogens is 1.